The number of alkyl halides is 3. The van der Waals surface area contributed by atoms with Crippen molar-refractivity contribution in [3.8, 4) is 5.69 Å². The predicted molar refractivity (Wildman–Crippen MR) is 124 cm³/mol. The predicted octanol–water partition coefficient (Wildman–Crippen LogP) is 5.53. The van der Waals surface area contributed by atoms with Crippen LogP contribution in [0.2, 0.25) is 0 Å². The molecule has 0 fully saturated rings. The number of fused-ring (bicyclic) bond motifs is 2. The van der Waals surface area contributed by atoms with E-state index in [0.29, 0.717) is 22.7 Å². The molecule has 0 bridgehead atoms. The van der Waals surface area contributed by atoms with Gasteiger partial charge in [-0.15, -0.1) is 0 Å². The Balaban J connectivity index is 1.73. The smallest absolute Gasteiger partial charge is 0.374 e. The number of halogens is 3. The number of aromatic nitrogens is 4. The first-order valence-corrected chi connectivity index (χ1v) is 10.6. The van der Waals surface area contributed by atoms with Gasteiger partial charge in [-0.2, -0.15) is 18.3 Å². The Kier molecular flexibility index (Phi) is 5.11. The summed E-state index contributed by atoms with van der Waals surface area (Å²) < 4.78 is 44.2. The minimum Gasteiger partial charge on any atom is -0.374 e. The topological polar surface area (TPSA) is 64.2 Å². The second kappa shape index (κ2) is 8.02. The van der Waals surface area contributed by atoms with Crippen LogP contribution >= 0.6 is 0 Å². The molecule has 3 aromatic heterocycles. The number of benzene rings is 2. The summed E-state index contributed by atoms with van der Waals surface area (Å²) in [6, 6.07) is 15.4. The van der Waals surface area contributed by atoms with E-state index in [9.17, 15) is 18.0 Å². The number of imidazole rings is 1. The van der Waals surface area contributed by atoms with Crippen molar-refractivity contribution >= 4 is 22.1 Å². The maximum Gasteiger partial charge on any atom is 0.417 e. The molecule has 5 aromatic rings. The molecule has 1 atom stereocenters. The third kappa shape index (κ3) is 3.68. The summed E-state index contributed by atoms with van der Waals surface area (Å²) in [5.41, 5.74) is 1.41. The molecule has 172 valence electrons. The normalized spacial score (nSPS) is 12.9. The van der Waals surface area contributed by atoms with Gasteiger partial charge in [0.25, 0.3) is 5.56 Å². The average Bonchev–Trinajstić information content (AvgIpc) is 3.19. The lowest BCUT2D eigenvalue weighted by molar-refractivity contribution is -0.136. The Morgan fingerprint density at radius 2 is 1.79 bits per heavy atom. The quantitative estimate of drug-likeness (QED) is 0.381. The molecule has 34 heavy (non-hydrogen) atoms. The molecule has 0 radical (unpaired) electrons. The molecule has 0 amide bonds. The lowest BCUT2D eigenvalue weighted by atomic mass is 10.0. The number of hydrogen-bond donors (Lipinski definition) is 1. The summed E-state index contributed by atoms with van der Waals surface area (Å²) in [7, 11) is 0. The number of hydrogen-bond acceptors (Lipinski definition) is 4. The van der Waals surface area contributed by atoms with Gasteiger partial charge in [0, 0.05) is 11.4 Å². The van der Waals surface area contributed by atoms with Crippen LogP contribution in [0.5, 0.6) is 0 Å². The zero-order valence-electron chi connectivity index (χ0n) is 18.3. The number of rotatable bonds is 4. The second-order valence-corrected chi connectivity index (χ2v) is 8.07. The summed E-state index contributed by atoms with van der Waals surface area (Å²) in [6.07, 6.45) is -1.23. The molecule has 3 heterocycles. The van der Waals surface area contributed by atoms with Crippen LogP contribution in [-0.2, 0) is 6.18 Å². The highest BCUT2D eigenvalue weighted by molar-refractivity contribution is 5.86. The zero-order valence-corrected chi connectivity index (χ0v) is 18.3. The molecule has 9 heteroatoms. The number of anilines is 1. The average molecular weight is 463 g/mol. The van der Waals surface area contributed by atoms with Crippen LogP contribution in [0.1, 0.15) is 29.9 Å². The van der Waals surface area contributed by atoms with Gasteiger partial charge in [0.15, 0.2) is 5.65 Å². The minimum atomic E-state index is -4.65. The van der Waals surface area contributed by atoms with Crippen LogP contribution in [0.4, 0.5) is 18.9 Å². The maximum atomic E-state index is 13.8. The number of para-hydroxylation sites is 1. The second-order valence-electron chi connectivity index (χ2n) is 8.07. The largest absolute Gasteiger partial charge is 0.417 e. The monoisotopic (exact) mass is 463 g/mol. The molecule has 0 aliphatic carbocycles. The SMILES string of the molecule is Cc1cn2nccc(NC(C)c3cc4cccc(C(F)(F)F)c4c(=O)n3-c3ccccc3)c2n1. The van der Waals surface area contributed by atoms with Gasteiger partial charge in [-0.1, -0.05) is 30.3 Å². The maximum absolute atomic E-state index is 13.8. The first kappa shape index (κ1) is 21.7. The number of aryl methyl sites for hydroxylation is 1. The molecule has 0 saturated heterocycles. The van der Waals surface area contributed by atoms with Crippen LogP contribution in [0.15, 0.2) is 77.9 Å². The van der Waals surface area contributed by atoms with Crippen molar-refractivity contribution in [2.75, 3.05) is 5.32 Å². The Labute approximate surface area is 192 Å². The molecular formula is C25H20F3N5O. The van der Waals surface area contributed by atoms with Crippen molar-refractivity contribution in [2.24, 2.45) is 0 Å². The zero-order chi connectivity index (χ0) is 24.0. The minimum absolute atomic E-state index is 0.229. The number of nitrogens with zero attached hydrogens (tertiary/aromatic N) is 4. The van der Waals surface area contributed by atoms with Crippen LogP contribution in [0.3, 0.4) is 0 Å². The highest BCUT2D eigenvalue weighted by Crippen LogP contribution is 2.34. The van der Waals surface area contributed by atoms with E-state index in [0.717, 1.165) is 11.8 Å². The molecule has 1 N–H and O–H groups in total. The number of nitrogens with one attached hydrogen (secondary N) is 1. The van der Waals surface area contributed by atoms with Gasteiger partial charge in [0.1, 0.15) is 0 Å². The Hall–Kier alpha value is -4.14. The summed E-state index contributed by atoms with van der Waals surface area (Å²) in [5, 5.41) is 7.48. The van der Waals surface area contributed by atoms with Gasteiger partial charge < -0.3 is 5.32 Å². The Morgan fingerprint density at radius 3 is 2.53 bits per heavy atom. The van der Waals surface area contributed by atoms with Crippen molar-refractivity contribution in [3.63, 3.8) is 0 Å². The third-order valence-corrected chi connectivity index (χ3v) is 5.69. The molecule has 0 saturated carbocycles. The first-order valence-electron chi connectivity index (χ1n) is 10.6. The van der Waals surface area contributed by atoms with E-state index < -0.39 is 23.3 Å². The van der Waals surface area contributed by atoms with Gasteiger partial charge in [-0.3, -0.25) is 9.36 Å². The molecule has 0 aliphatic rings. The van der Waals surface area contributed by atoms with Crippen LogP contribution in [0, 0.1) is 6.92 Å². The fourth-order valence-corrected chi connectivity index (χ4v) is 4.21. The van der Waals surface area contributed by atoms with Gasteiger partial charge >= 0.3 is 6.18 Å². The Bertz CT molecular complexity index is 1570. The van der Waals surface area contributed by atoms with Crippen molar-refractivity contribution in [2.45, 2.75) is 26.1 Å². The summed E-state index contributed by atoms with van der Waals surface area (Å²) in [6.45, 7) is 3.71. The van der Waals surface area contributed by atoms with E-state index in [2.05, 4.69) is 15.4 Å². The molecular weight excluding hydrogens is 443 g/mol. The summed E-state index contributed by atoms with van der Waals surface area (Å²) in [5.74, 6) is 0. The van der Waals surface area contributed by atoms with E-state index in [1.54, 1.807) is 59.4 Å². The third-order valence-electron chi connectivity index (χ3n) is 5.69. The lowest BCUT2D eigenvalue weighted by Gasteiger charge is -2.22. The van der Waals surface area contributed by atoms with Crippen LogP contribution < -0.4 is 10.9 Å². The van der Waals surface area contributed by atoms with Gasteiger partial charge in [0.2, 0.25) is 0 Å². The highest BCUT2D eigenvalue weighted by Gasteiger charge is 2.34. The molecule has 6 nitrogen and oxygen atoms in total. The fourth-order valence-electron chi connectivity index (χ4n) is 4.21. The first-order chi connectivity index (χ1) is 16.2. The van der Waals surface area contributed by atoms with Crippen LogP contribution in [-0.4, -0.2) is 19.2 Å². The molecule has 1 unspecified atom stereocenters. The molecule has 5 rings (SSSR count). The molecule has 2 aromatic carbocycles. The van der Waals surface area contributed by atoms with Crippen molar-refractivity contribution in [1.82, 2.24) is 19.2 Å². The molecule has 0 spiro atoms. The Morgan fingerprint density at radius 1 is 1.03 bits per heavy atom. The van der Waals surface area contributed by atoms with Gasteiger partial charge in [-0.05, 0) is 49.6 Å². The van der Waals surface area contributed by atoms with Crippen molar-refractivity contribution < 1.29 is 13.2 Å². The standard InChI is InChI=1S/C25H20F3N5O/c1-15-14-32-23(30-15)20(11-12-29-32)31-16(2)21-13-17-7-6-10-19(25(26,27)28)22(17)24(34)33(21)18-8-4-3-5-9-18/h3-14,16,31H,1-2H3. The van der Waals surface area contributed by atoms with E-state index in [-0.39, 0.29) is 10.8 Å². The van der Waals surface area contributed by atoms with Crippen molar-refractivity contribution in [3.05, 3.63) is 100 Å². The van der Waals surface area contributed by atoms with E-state index in [4.69, 9.17) is 0 Å². The summed E-state index contributed by atoms with van der Waals surface area (Å²) >= 11 is 0. The fraction of sp³-hybridized carbons (Fsp3) is 0.160. The van der Waals surface area contributed by atoms with E-state index in [1.165, 1.54) is 16.7 Å². The van der Waals surface area contributed by atoms with E-state index in [1.807, 2.05) is 13.8 Å². The van der Waals surface area contributed by atoms with Gasteiger partial charge in [-0.25, -0.2) is 9.50 Å². The van der Waals surface area contributed by atoms with Crippen molar-refractivity contribution in [1.29, 1.82) is 0 Å². The van der Waals surface area contributed by atoms with E-state index >= 15 is 0 Å². The van der Waals surface area contributed by atoms with Crippen LogP contribution in [0.25, 0.3) is 22.1 Å². The molecule has 0 aliphatic heterocycles. The highest BCUT2D eigenvalue weighted by atomic mass is 19.4. The summed E-state index contributed by atoms with van der Waals surface area (Å²) in [4.78, 5) is 18.1. The lowest BCUT2D eigenvalue weighted by Crippen LogP contribution is -2.27. The number of pyridine rings is 1. The van der Waals surface area contributed by atoms with Gasteiger partial charge in [0.05, 0.1) is 40.8 Å².